The van der Waals surface area contributed by atoms with Crippen LogP contribution >= 0.6 is 0 Å². The van der Waals surface area contributed by atoms with Crippen LogP contribution in [0.3, 0.4) is 0 Å². The van der Waals surface area contributed by atoms with E-state index in [4.69, 9.17) is 4.42 Å². The summed E-state index contributed by atoms with van der Waals surface area (Å²) in [4.78, 5) is 26.2. The van der Waals surface area contributed by atoms with E-state index in [0.29, 0.717) is 5.52 Å². The smallest absolute Gasteiger partial charge is 0.388 e. The molecule has 0 bridgehead atoms. The van der Waals surface area contributed by atoms with E-state index in [1.54, 1.807) is 7.05 Å². The first kappa shape index (κ1) is 7.78. The summed E-state index contributed by atoms with van der Waals surface area (Å²) in [5.74, 6) is -0.698. The van der Waals surface area contributed by atoms with Crippen molar-refractivity contribution in [2.24, 2.45) is 14.1 Å². The van der Waals surface area contributed by atoms with Crippen molar-refractivity contribution in [3.8, 4) is 0 Å². The lowest BCUT2D eigenvalue weighted by Crippen LogP contribution is -2.30. The van der Waals surface area contributed by atoms with Crippen LogP contribution in [0.2, 0.25) is 0 Å². The maximum absolute atomic E-state index is 11.5. The van der Waals surface area contributed by atoms with Gasteiger partial charge in [-0.1, -0.05) is 0 Å². The second kappa shape index (κ2) is 2.32. The number of hydrogen-bond donors (Lipinski definition) is 0. The van der Waals surface area contributed by atoms with Gasteiger partial charge in [-0.25, -0.2) is 14.3 Å². The molecule has 0 atom stereocenters. The van der Waals surface area contributed by atoms with Crippen molar-refractivity contribution < 1.29 is 4.42 Å². The van der Waals surface area contributed by atoms with E-state index in [1.165, 1.54) is 17.9 Å². The molecule has 13 heavy (non-hydrogen) atoms. The lowest BCUT2D eigenvalue weighted by Gasteiger charge is -1.94. The Morgan fingerprint density at radius 1 is 1.38 bits per heavy atom. The standard InChI is InChI=1S/C7H7N3O3/c1-9-3-8-5-4(9)6(11)10(2)7(12)13-5/h3H,1-2H3. The van der Waals surface area contributed by atoms with Gasteiger partial charge in [0.05, 0.1) is 6.33 Å². The average Bonchev–Trinajstić information content (AvgIpc) is 2.43. The third-order valence-electron chi connectivity index (χ3n) is 1.87. The highest BCUT2D eigenvalue weighted by Crippen LogP contribution is 2.01. The first-order valence-electron chi connectivity index (χ1n) is 3.62. The molecular formula is C7H7N3O3. The second-order valence-corrected chi connectivity index (χ2v) is 2.74. The predicted octanol–water partition coefficient (Wildman–Crippen LogP) is -0.775. The molecule has 0 fully saturated rings. The van der Waals surface area contributed by atoms with Crippen molar-refractivity contribution in [3.63, 3.8) is 0 Å². The molecule has 0 unspecified atom stereocenters. The predicted molar refractivity (Wildman–Crippen MR) is 44.5 cm³/mol. The maximum atomic E-state index is 11.5. The SMILES string of the molecule is Cn1c(=O)oc2ncn(C)c2c1=O. The van der Waals surface area contributed by atoms with Crippen molar-refractivity contribution in [1.82, 2.24) is 14.1 Å². The Kier molecular flexibility index (Phi) is 1.39. The van der Waals surface area contributed by atoms with Crippen LogP contribution in [0.25, 0.3) is 11.2 Å². The van der Waals surface area contributed by atoms with Gasteiger partial charge in [0, 0.05) is 14.1 Å². The molecule has 0 N–H and O–H groups in total. The molecule has 0 saturated heterocycles. The molecule has 0 aliphatic heterocycles. The third-order valence-corrected chi connectivity index (χ3v) is 1.87. The molecule has 0 radical (unpaired) electrons. The average molecular weight is 181 g/mol. The zero-order valence-corrected chi connectivity index (χ0v) is 7.14. The van der Waals surface area contributed by atoms with Crippen LogP contribution in [-0.4, -0.2) is 14.1 Å². The van der Waals surface area contributed by atoms with Crippen molar-refractivity contribution in [1.29, 1.82) is 0 Å². The molecule has 2 aromatic heterocycles. The summed E-state index contributed by atoms with van der Waals surface area (Å²) in [5.41, 5.74) is -0.0241. The summed E-state index contributed by atoms with van der Waals surface area (Å²) >= 11 is 0. The minimum absolute atomic E-state index is 0.0793. The molecule has 6 heteroatoms. The fourth-order valence-electron chi connectivity index (χ4n) is 1.12. The molecule has 68 valence electrons. The molecule has 0 amide bonds. The zero-order chi connectivity index (χ0) is 9.59. The summed E-state index contributed by atoms with van der Waals surface area (Å²) in [6.45, 7) is 0. The van der Waals surface area contributed by atoms with E-state index < -0.39 is 11.3 Å². The highest BCUT2D eigenvalue weighted by atomic mass is 16.4. The largest absolute Gasteiger partial charge is 0.423 e. The van der Waals surface area contributed by atoms with Gasteiger partial charge in [-0.2, -0.15) is 0 Å². The molecule has 2 aromatic rings. The Hall–Kier alpha value is -1.85. The van der Waals surface area contributed by atoms with Gasteiger partial charge in [-0.15, -0.1) is 0 Å². The van der Waals surface area contributed by atoms with Gasteiger partial charge >= 0.3 is 5.76 Å². The van der Waals surface area contributed by atoms with Crippen LogP contribution < -0.4 is 11.3 Å². The van der Waals surface area contributed by atoms with Gasteiger partial charge in [-0.05, 0) is 0 Å². The molecular weight excluding hydrogens is 174 g/mol. The lowest BCUT2D eigenvalue weighted by atomic mass is 10.5. The van der Waals surface area contributed by atoms with E-state index in [-0.39, 0.29) is 5.71 Å². The van der Waals surface area contributed by atoms with Crippen LogP contribution in [0.4, 0.5) is 0 Å². The molecule has 0 saturated carbocycles. The quantitative estimate of drug-likeness (QED) is 0.534. The number of hydrogen-bond acceptors (Lipinski definition) is 4. The fourth-order valence-corrected chi connectivity index (χ4v) is 1.12. The van der Waals surface area contributed by atoms with Crippen LogP contribution in [0.5, 0.6) is 0 Å². The van der Waals surface area contributed by atoms with Gasteiger partial charge in [0.25, 0.3) is 11.3 Å². The first-order valence-corrected chi connectivity index (χ1v) is 3.62. The van der Waals surface area contributed by atoms with Crippen molar-refractivity contribution >= 4 is 11.2 Å². The molecule has 2 heterocycles. The minimum Gasteiger partial charge on any atom is -0.388 e. The molecule has 2 rings (SSSR count). The Morgan fingerprint density at radius 2 is 2.08 bits per heavy atom. The van der Waals surface area contributed by atoms with E-state index >= 15 is 0 Å². The zero-order valence-electron chi connectivity index (χ0n) is 7.14. The van der Waals surface area contributed by atoms with E-state index in [1.807, 2.05) is 0 Å². The topological polar surface area (TPSA) is 70.0 Å². The molecule has 0 aliphatic rings. The lowest BCUT2D eigenvalue weighted by molar-refractivity contribution is 0.477. The van der Waals surface area contributed by atoms with Crippen LogP contribution in [0.1, 0.15) is 0 Å². The van der Waals surface area contributed by atoms with Crippen molar-refractivity contribution in [2.45, 2.75) is 0 Å². The second-order valence-electron chi connectivity index (χ2n) is 2.74. The highest BCUT2D eigenvalue weighted by molar-refractivity contribution is 5.66. The first-order chi connectivity index (χ1) is 6.11. The Morgan fingerprint density at radius 3 is 2.77 bits per heavy atom. The summed E-state index contributed by atoms with van der Waals surface area (Å²) in [6, 6.07) is 0. The van der Waals surface area contributed by atoms with Gasteiger partial charge in [0.1, 0.15) is 0 Å². The van der Waals surface area contributed by atoms with Gasteiger partial charge in [0.2, 0.25) is 0 Å². The van der Waals surface area contributed by atoms with Crippen LogP contribution in [-0.2, 0) is 14.1 Å². The van der Waals surface area contributed by atoms with Crippen molar-refractivity contribution in [2.75, 3.05) is 0 Å². The summed E-state index contributed by atoms with van der Waals surface area (Å²) in [7, 11) is 3.03. The number of nitrogens with zero attached hydrogens (tertiary/aromatic N) is 3. The number of aromatic nitrogens is 3. The van der Waals surface area contributed by atoms with Crippen LogP contribution in [0, 0.1) is 0 Å². The Balaban J connectivity index is 3.16. The van der Waals surface area contributed by atoms with Crippen LogP contribution in [0.15, 0.2) is 20.3 Å². The van der Waals surface area contributed by atoms with Crippen molar-refractivity contribution in [3.05, 3.63) is 27.2 Å². The molecule has 6 nitrogen and oxygen atoms in total. The Labute approximate surface area is 72.0 Å². The number of fused-ring (bicyclic) bond motifs is 1. The monoisotopic (exact) mass is 181 g/mol. The summed E-state index contributed by atoms with van der Waals surface area (Å²) < 4.78 is 7.19. The van der Waals surface area contributed by atoms with Gasteiger partial charge < -0.3 is 8.98 Å². The third kappa shape index (κ3) is 0.915. The summed E-state index contributed by atoms with van der Waals surface area (Å²) in [5, 5.41) is 0. The minimum atomic E-state index is -0.698. The van der Waals surface area contributed by atoms with E-state index in [2.05, 4.69) is 4.98 Å². The molecule has 0 aliphatic carbocycles. The maximum Gasteiger partial charge on any atom is 0.423 e. The highest BCUT2D eigenvalue weighted by Gasteiger charge is 2.10. The Bertz CT molecular complexity index is 575. The number of aryl methyl sites for hydroxylation is 1. The van der Waals surface area contributed by atoms with Gasteiger partial charge in [-0.3, -0.25) is 4.79 Å². The number of rotatable bonds is 0. The molecule has 0 spiro atoms. The summed E-state index contributed by atoms with van der Waals surface area (Å²) in [6.07, 6.45) is 1.43. The van der Waals surface area contributed by atoms with Gasteiger partial charge in [0.15, 0.2) is 5.52 Å². The fraction of sp³-hybridized carbons (Fsp3) is 0.286. The van der Waals surface area contributed by atoms with E-state index in [9.17, 15) is 9.59 Å². The molecule has 0 aromatic carbocycles. The van der Waals surface area contributed by atoms with E-state index in [0.717, 1.165) is 4.57 Å². The number of imidazole rings is 1. The normalized spacial score (nSPS) is 10.9.